The van der Waals surface area contributed by atoms with Crippen molar-refractivity contribution in [2.45, 2.75) is 12.5 Å². The van der Waals surface area contributed by atoms with E-state index in [0.29, 0.717) is 24.5 Å². The molecule has 6 nitrogen and oxygen atoms in total. The average Bonchev–Trinajstić information content (AvgIpc) is 3.16. The monoisotopic (exact) mass is 429 g/mol. The molecule has 3 rings (SSSR count). The van der Waals surface area contributed by atoms with Crippen LogP contribution in [0.15, 0.2) is 53.1 Å². The van der Waals surface area contributed by atoms with Crippen LogP contribution in [0.1, 0.15) is 22.3 Å². The SMILES string of the molecule is COc1ccc(C(=O)NC2CCN(C(=O)/C=C/c3ccc(Br)cc3)C2)cn1. The summed E-state index contributed by atoms with van der Waals surface area (Å²) in [5.74, 6) is 0.206. The maximum absolute atomic E-state index is 12.4. The predicted molar refractivity (Wildman–Crippen MR) is 106 cm³/mol. The minimum Gasteiger partial charge on any atom is -0.481 e. The highest BCUT2D eigenvalue weighted by atomic mass is 79.9. The maximum Gasteiger partial charge on any atom is 0.253 e. The van der Waals surface area contributed by atoms with Gasteiger partial charge >= 0.3 is 0 Å². The van der Waals surface area contributed by atoms with E-state index in [9.17, 15) is 9.59 Å². The number of carbonyl (C=O) groups is 2. The summed E-state index contributed by atoms with van der Waals surface area (Å²) in [5, 5.41) is 2.95. The number of benzene rings is 1. The number of hydrogen-bond donors (Lipinski definition) is 1. The number of carbonyl (C=O) groups excluding carboxylic acids is 2. The lowest BCUT2D eigenvalue weighted by molar-refractivity contribution is -0.125. The first kappa shape index (κ1) is 19.1. The third kappa shape index (κ3) is 5.17. The molecule has 1 N–H and O–H groups in total. The van der Waals surface area contributed by atoms with Crippen molar-refractivity contribution in [3.8, 4) is 5.88 Å². The Hall–Kier alpha value is -2.67. The second kappa shape index (κ2) is 8.81. The number of likely N-dealkylation sites (tertiary alicyclic amines) is 1. The van der Waals surface area contributed by atoms with Gasteiger partial charge in [-0.05, 0) is 36.3 Å². The van der Waals surface area contributed by atoms with E-state index in [1.165, 1.54) is 13.3 Å². The highest BCUT2D eigenvalue weighted by Gasteiger charge is 2.26. The molecule has 2 amide bonds. The Bertz CT molecular complexity index is 835. The van der Waals surface area contributed by atoms with E-state index in [4.69, 9.17) is 4.74 Å². The van der Waals surface area contributed by atoms with Crippen LogP contribution in [0.3, 0.4) is 0 Å². The molecule has 7 heteroatoms. The highest BCUT2D eigenvalue weighted by Crippen LogP contribution is 2.14. The molecule has 1 fully saturated rings. The highest BCUT2D eigenvalue weighted by molar-refractivity contribution is 9.10. The molecule has 0 spiro atoms. The molecule has 1 aromatic heterocycles. The number of rotatable bonds is 5. The fourth-order valence-electron chi connectivity index (χ4n) is 2.83. The first-order valence-corrected chi connectivity index (χ1v) is 9.38. The lowest BCUT2D eigenvalue weighted by atomic mass is 10.2. The van der Waals surface area contributed by atoms with Crippen molar-refractivity contribution in [2.75, 3.05) is 20.2 Å². The van der Waals surface area contributed by atoms with Gasteiger partial charge in [-0.25, -0.2) is 4.98 Å². The van der Waals surface area contributed by atoms with Crippen LogP contribution in [0.25, 0.3) is 6.08 Å². The Labute approximate surface area is 166 Å². The summed E-state index contributed by atoms with van der Waals surface area (Å²) in [7, 11) is 1.53. The van der Waals surface area contributed by atoms with Crippen LogP contribution in [-0.2, 0) is 4.79 Å². The van der Waals surface area contributed by atoms with Crippen LogP contribution >= 0.6 is 15.9 Å². The summed E-state index contributed by atoms with van der Waals surface area (Å²) in [6.07, 6.45) is 5.57. The molecule has 2 heterocycles. The number of hydrogen-bond acceptors (Lipinski definition) is 4. The second-order valence-electron chi connectivity index (χ2n) is 6.22. The zero-order chi connectivity index (χ0) is 19.2. The quantitative estimate of drug-likeness (QED) is 0.741. The van der Waals surface area contributed by atoms with Crippen molar-refractivity contribution >= 4 is 33.8 Å². The van der Waals surface area contributed by atoms with Gasteiger partial charge in [0.2, 0.25) is 11.8 Å². The first-order valence-electron chi connectivity index (χ1n) is 8.58. The molecule has 0 aliphatic carbocycles. The van der Waals surface area contributed by atoms with Gasteiger partial charge < -0.3 is 15.0 Å². The Morgan fingerprint density at radius 1 is 1.26 bits per heavy atom. The largest absolute Gasteiger partial charge is 0.481 e. The molecule has 27 heavy (non-hydrogen) atoms. The van der Waals surface area contributed by atoms with E-state index in [1.54, 1.807) is 29.2 Å². The van der Waals surface area contributed by atoms with E-state index < -0.39 is 0 Å². The number of pyridine rings is 1. The predicted octanol–water partition coefficient (Wildman–Crippen LogP) is 2.90. The van der Waals surface area contributed by atoms with E-state index in [2.05, 4.69) is 26.2 Å². The van der Waals surface area contributed by atoms with E-state index in [1.807, 2.05) is 24.3 Å². The Balaban J connectivity index is 1.52. The number of methoxy groups -OCH3 is 1. The van der Waals surface area contributed by atoms with Crippen molar-refractivity contribution in [3.05, 3.63) is 64.3 Å². The zero-order valence-electron chi connectivity index (χ0n) is 14.9. The molecule has 0 radical (unpaired) electrons. The third-order valence-electron chi connectivity index (χ3n) is 4.33. The van der Waals surface area contributed by atoms with Crippen molar-refractivity contribution < 1.29 is 14.3 Å². The molecule has 1 aromatic carbocycles. The van der Waals surface area contributed by atoms with Gasteiger partial charge in [-0.1, -0.05) is 28.1 Å². The van der Waals surface area contributed by atoms with Crippen LogP contribution in [0.4, 0.5) is 0 Å². The fraction of sp³-hybridized carbons (Fsp3) is 0.250. The van der Waals surface area contributed by atoms with Gasteiger partial charge in [-0.2, -0.15) is 0 Å². The van der Waals surface area contributed by atoms with Crippen LogP contribution in [0.2, 0.25) is 0 Å². The van der Waals surface area contributed by atoms with Crippen molar-refractivity contribution in [1.82, 2.24) is 15.2 Å². The second-order valence-corrected chi connectivity index (χ2v) is 7.13. The molecule has 0 bridgehead atoms. The van der Waals surface area contributed by atoms with Crippen LogP contribution in [0, 0.1) is 0 Å². The molecule has 1 aliphatic rings. The maximum atomic E-state index is 12.4. The minimum absolute atomic E-state index is 0.0548. The van der Waals surface area contributed by atoms with E-state index in [0.717, 1.165) is 16.5 Å². The van der Waals surface area contributed by atoms with Gasteiger partial charge in [0.05, 0.1) is 12.7 Å². The molecule has 140 valence electrons. The number of amides is 2. The van der Waals surface area contributed by atoms with Crippen molar-refractivity contribution in [1.29, 1.82) is 0 Å². The standard InChI is InChI=1S/C20H20BrN3O3/c1-27-18-8-5-15(12-22-18)20(26)23-17-10-11-24(13-17)19(25)9-4-14-2-6-16(21)7-3-14/h2-9,12,17H,10-11,13H2,1H3,(H,23,26)/b9-4+. The molecule has 1 saturated heterocycles. The van der Waals surface area contributed by atoms with Crippen molar-refractivity contribution in [2.24, 2.45) is 0 Å². The van der Waals surface area contributed by atoms with Gasteiger partial charge in [0.25, 0.3) is 5.91 Å². The summed E-state index contributed by atoms with van der Waals surface area (Å²) >= 11 is 3.39. The van der Waals surface area contributed by atoms with Gasteiger partial charge in [0.15, 0.2) is 0 Å². The number of nitrogens with one attached hydrogen (secondary N) is 1. The molecular formula is C20H20BrN3O3. The molecule has 0 saturated carbocycles. The number of ether oxygens (including phenoxy) is 1. The van der Waals surface area contributed by atoms with Gasteiger partial charge in [-0.15, -0.1) is 0 Å². The topological polar surface area (TPSA) is 71.5 Å². The fourth-order valence-corrected chi connectivity index (χ4v) is 3.09. The van der Waals surface area contributed by atoms with E-state index in [-0.39, 0.29) is 17.9 Å². The molecule has 2 aromatic rings. The minimum atomic E-state index is -0.199. The van der Waals surface area contributed by atoms with Crippen molar-refractivity contribution in [3.63, 3.8) is 0 Å². The third-order valence-corrected chi connectivity index (χ3v) is 4.86. The lowest BCUT2D eigenvalue weighted by Crippen LogP contribution is -2.38. The summed E-state index contributed by atoms with van der Waals surface area (Å²) < 4.78 is 5.98. The summed E-state index contributed by atoms with van der Waals surface area (Å²) in [6.45, 7) is 1.12. The van der Waals surface area contributed by atoms with Crippen LogP contribution in [0.5, 0.6) is 5.88 Å². The summed E-state index contributed by atoms with van der Waals surface area (Å²) in [4.78, 5) is 30.4. The molecule has 1 unspecified atom stereocenters. The first-order chi connectivity index (χ1) is 13.0. The van der Waals surface area contributed by atoms with E-state index >= 15 is 0 Å². The molecule has 1 atom stereocenters. The average molecular weight is 430 g/mol. The number of halogens is 1. The van der Waals surface area contributed by atoms with Gasteiger partial charge in [0, 0.05) is 41.9 Å². The van der Waals surface area contributed by atoms with Gasteiger partial charge in [0.1, 0.15) is 0 Å². The Kier molecular flexibility index (Phi) is 6.24. The number of nitrogens with zero attached hydrogens (tertiary/aromatic N) is 2. The summed E-state index contributed by atoms with van der Waals surface area (Å²) in [6, 6.07) is 11.0. The molecular weight excluding hydrogens is 410 g/mol. The zero-order valence-corrected chi connectivity index (χ0v) is 16.5. The number of aromatic nitrogens is 1. The van der Waals surface area contributed by atoms with Crippen LogP contribution < -0.4 is 10.1 Å². The van der Waals surface area contributed by atoms with Crippen LogP contribution in [-0.4, -0.2) is 47.9 Å². The lowest BCUT2D eigenvalue weighted by Gasteiger charge is -2.15. The van der Waals surface area contributed by atoms with Gasteiger partial charge in [-0.3, -0.25) is 9.59 Å². The molecule has 1 aliphatic heterocycles. The Morgan fingerprint density at radius 2 is 2.04 bits per heavy atom. The summed E-state index contributed by atoms with van der Waals surface area (Å²) in [5.41, 5.74) is 1.43. The smallest absolute Gasteiger partial charge is 0.253 e. The Morgan fingerprint density at radius 3 is 2.70 bits per heavy atom. The normalized spacial score (nSPS) is 16.5.